The molecule has 2 aliphatic rings. The minimum absolute atomic E-state index is 0.273. The first-order valence-electron chi connectivity index (χ1n) is 8.70. The predicted molar refractivity (Wildman–Crippen MR) is 84.3 cm³/mol. The first-order chi connectivity index (χ1) is 10.2. The molecule has 0 N–H and O–H groups in total. The minimum Gasteiger partial charge on any atom is -0.459 e. The van der Waals surface area contributed by atoms with Crippen molar-refractivity contribution >= 4 is 11.9 Å². The number of ether oxygens (including phenoxy) is 2. The summed E-state index contributed by atoms with van der Waals surface area (Å²) in [6.45, 7) is 7.52. The third-order valence-electron chi connectivity index (χ3n) is 5.51. The molecule has 2 rings (SSSR count). The number of carbonyl (C=O) groups excluding carboxylic acids is 2. The van der Waals surface area contributed by atoms with Gasteiger partial charge in [-0.2, -0.15) is 0 Å². The van der Waals surface area contributed by atoms with Gasteiger partial charge in [0.05, 0.1) is 11.8 Å². The molecule has 0 aliphatic heterocycles. The number of rotatable bonds is 5. The highest BCUT2D eigenvalue weighted by atomic mass is 16.6. The molecular formula is C18H30O4. The summed E-state index contributed by atoms with van der Waals surface area (Å²) < 4.78 is 11.4. The van der Waals surface area contributed by atoms with Gasteiger partial charge < -0.3 is 9.47 Å². The van der Waals surface area contributed by atoms with Gasteiger partial charge in [-0.05, 0) is 65.2 Å². The first-order valence-corrected chi connectivity index (χ1v) is 8.70. The van der Waals surface area contributed by atoms with E-state index in [1.165, 1.54) is 0 Å². The lowest BCUT2D eigenvalue weighted by molar-refractivity contribution is -0.174. The fraction of sp³-hybridized carbons (Fsp3) is 0.889. The van der Waals surface area contributed by atoms with Gasteiger partial charge in [-0.15, -0.1) is 0 Å². The van der Waals surface area contributed by atoms with E-state index in [2.05, 4.69) is 0 Å². The van der Waals surface area contributed by atoms with Crippen molar-refractivity contribution in [1.82, 2.24) is 0 Å². The Bertz CT molecular complexity index is 377. The second-order valence-electron chi connectivity index (χ2n) is 7.73. The molecule has 2 saturated carbocycles. The molecule has 0 aromatic carbocycles. The van der Waals surface area contributed by atoms with Gasteiger partial charge in [0.2, 0.25) is 0 Å². The van der Waals surface area contributed by atoms with Gasteiger partial charge in [-0.1, -0.05) is 13.8 Å². The molecule has 0 amide bonds. The van der Waals surface area contributed by atoms with Crippen molar-refractivity contribution in [3.8, 4) is 0 Å². The average Bonchev–Trinajstić information content (AvgIpc) is 3.06. The average molecular weight is 310 g/mol. The van der Waals surface area contributed by atoms with Crippen LogP contribution < -0.4 is 0 Å². The largest absolute Gasteiger partial charge is 0.459 e. The van der Waals surface area contributed by atoms with Gasteiger partial charge in [-0.25, -0.2) is 0 Å². The fourth-order valence-corrected chi connectivity index (χ4v) is 3.53. The summed E-state index contributed by atoms with van der Waals surface area (Å²) >= 11 is 0. The van der Waals surface area contributed by atoms with Gasteiger partial charge in [0.1, 0.15) is 11.2 Å². The maximum Gasteiger partial charge on any atom is 0.310 e. The predicted octanol–water partition coefficient (Wildman–Crippen LogP) is 4.01. The van der Waals surface area contributed by atoms with Gasteiger partial charge in [0.25, 0.3) is 0 Å². The van der Waals surface area contributed by atoms with E-state index < -0.39 is 11.8 Å². The smallest absolute Gasteiger partial charge is 0.310 e. The highest BCUT2D eigenvalue weighted by molar-refractivity contribution is 5.82. The van der Waals surface area contributed by atoms with Crippen LogP contribution in [0, 0.1) is 11.8 Å². The molecular weight excluding hydrogens is 280 g/mol. The number of carbonyl (C=O) groups is 2. The van der Waals surface area contributed by atoms with Crippen LogP contribution in [0.15, 0.2) is 0 Å². The van der Waals surface area contributed by atoms with Crippen LogP contribution in [0.25, 0.3) is 0 Å². The monoisotopic (exact) mass is 310 g/mol. The standard InChI is InChI=1S/C18H30O4/c1-13(15(19)21-17(3)9-5-6-10-17)14(2)16(20)22-18(4)11-7-8-12-18/h13-14H,5-12H2,1-4H3. The van der Waals surface area contributed by atoms with Crippen molar-refractivity contribution in [3.63, 3.8) is 0 Å². The fourth-order valence-electron chi connectivity index (χ4n) is 3.53. The van der Waals surface area contributed by atoms with Gasteiger partial charge in [-0.3, -0.25) is 9.59 Å². The summed E-state index contributed by atoms with van der Waals surface area (Å²) in [7, 11) is 0. The van der Waals surface area contributed by atoms with Gasteiger partial charge in [0.15, 0.2) is 0 Å². The van der Waals surface area contributed by atoms with Crippen molar-refractivity contribution in [2.75, 3.05) is 0 Å². The Morgan fingerprint density at radius 3 is 1.27 bits per heavy atom. The molecule has 2 atom stereocenters. The third-order valence-corrected chi connectivity index (χ3v) is 5.51. The van der Waals surface area contributed by atoms with Gasteiger partial charge in [0, 0.05) is 0 Å². The van der Waals surface area contributed by atoms with Crippen LogP contribution in [0.4, 0.5) is 0 Å². The van der Waals surface area contributed by atoms with E-state index in [1.807, 2.05) is 13.8 Å². The van der Waals surface area contributed by atoms with Crippen LogP contribution in [-0.4, -0.2) is 23.1 Å². The Balaban J connectivity index is 1.88. The van der Waals surface area contributed by atoms with E-state index in [1.54, 1.807) is 13.8 Å². The number of hydrogen-bond donors (Lipinski definition) is 0. The summed E-state index contributed by atoms with van der Waals surface area (Å²) in [6, 6.07) is 0. The zero-order valence-electron chi connectivity index (χ0n) is 14.4. The highest BCUT2D eigenvalue weighted by Crippen LogP contribution is 2.35. The van der Waals surface area contributed by atoms with E-state index in [-0.39, 0.29) is 23.1 Å². The highest BCUT2D eigenvalue weighted by Gasteiger charge is 2.39. The topological polar surface area (TPSA) is 52.6 Å². The van der Waals surface area contributed by atoms with Gasteiger partial charge >= 0.3 is 11.9 Å². The molecule has 4 heteroatoms. The second-order valence-corrected chi connectivity index (χ2v) is 7.73. The van der Waals surface area contributed by atoms with Crippen LogP contribution in [-0.2, 0) is 19.1 Å². The quantitative estimate of drug-likeness (QED) is 0.720. The normalized spacial score (nSPS) is 25.5. The molecule has 126 valence electrons. The second kappa shape index (κ2) is 6.59. The molecule has 2 fully saturated rings. The SMILES string of the molecule is CC(C(=O)OC1(C)CCCC1)C(C)C(=O)OC1(C)CCCC1. The third kappa shape index (κ3) is 4.02. The summed E-state index contributed by atoms with van der Waals surface area (Å²) in [6.07, 6.45) is 8.10. The zero-order valence-corrected chi connectivity index (χ0v) is 14.4. The lowest BCUT2D eigenvalue weighted by Gasteiger charge is -2.29. The van der Waals surface area contributed by atoms with E-state index in [0.717, 1.165) is 51.4 Å². The van der Waals surface area contributed by atoms with E-state index in [0.29, 0.717) is 0 Å². The van der Waals surface area contributed by atoms with Crippen LogP contribution >= 0.6 is 0 Å². The van der Waals surface area contributed by atoms with Crippen molar-refractivity contribution < 1.29 is 19.1 Å². The van der Waals surface area contributed by atoms with Crippen molar-refractivity contribution in [2.24, 2.45) is 11.8 Å². The molecule has 0 aromatic heterocycles. The molecule has 2 aliphatic carbocycles. The van der Waals surface area contributed by atoms with Crippen LogP contribution in [0.5, 0.6) is 0 Å². The maximum absolute atomic E-state index is 12.3. The summed E-state index contributed by atoms with van der Waals surface area (Å²) in [5.41, 5.74) is -0.682. The summed E-state index contributed by atoms with van der Waals surface area (Å²) in [5, 5.41) is 0. The van der Waals surface area contributed by atoms with E-state index in [4.69, 9.17) is 9.47 Å². The van der Waals surface area contributed by atoms with Crippen LogP contribution in [0.3, 0.4) is 0 Å². The molecule has 22 heavy (non-hydrogen) atoms. The van der Waals surface area contributed by atoms with E-state index in [9.17, 15) is 9.59 Å². The van der Waals surface area contributed by atoms with E-state index >= 15 is 0 Å². The first kappa shape index (κ1) is 17.3. The summed E-state index contributed by atoms with van der Waals surface area (Å²) in [5.74, 6) is -1.47. The Morgan fingerprint density at radius 1 is 0.727 bits per heavy atom. The van der Waals surface area contributed by atoms with Crippen molar-refractivity contribution in [1.29, 1.82) is 0 Å². The molecule has 4 nitrogen and oxygen atoms in total. The zero-order chi connectivity index (χ0) is 16.4. The molecule has 0 radical (unpaired) electrons. The lowest BCUT2D eigenvalue weighted by atomic mass is 9.95. The Kier molecular flexibility index (Phi) is 5.18. The Labute approximate surface area is 133 Å². The van der Waals surface area contributed by atoms with Crippen LogP contribution in [0.2, 0.25) is 0 Å². The number of esters is 2. The lowest BCUT2D eigenvalue weighted by Crippen LogP contribution is -2.38. The maximum atomic E-state index is 12.3. The molecule has 0 spiro atoms. The number of hydrogen-bond acceptors (Lipinski definition) is 4. The molecule has 0 aromatic rings. The molecule has 0 saturated heterocycles. The Morgan fingerprint density at radius 2 is 1.00 bits per heavy atom. The minimum atomic E-state index is -0.463. The van der Waals surface area contributed by atoms with Crippen LogP contribution in [0.1, 0.15) is 79.1 Å². The Hall–Kier alpha value is -1.06. The summed E-state index contributed by atoms with van der Waals surface area (Å²) in [4.78, 5) is 24.7. The molecule has 0 heterocycles. The molecule has 0 bridgehead atoms. The molecule has 2 unspecified atom stereocenters. The van der Waals surface area contributed by atoms with Crippen molar-refractivity contribution in [2.45, 2.75) is 90.3 Å². The van der Waals surface area contributed by atoms with Crippen molar-refractivity contribution in [3.05, 3.63) is 0 Å².